The van der Waals surface area contributed by atoms with Crippen LogP contribution in [0.4, 0.5) is 11.8 Å². The first-order chi connectivity index (χ1) is 13.2. The highest BCUT2D eigenvalue weighted by Gasteiger charge is 2.27. The monoisotopic (exact) mass is 367 g/mol. The fraction of sp³-hybridized carbons (Fsp3) is 0.500. The first-order valence-electron chi connectivity index (χ1n) is 9.27. The van der Waals surface area contributed by atoms with Gasteiger partial charge < -0.3 is 19.4 Å². The zero-order valence-electron chi connectivity index (χ0n) is 16.0. The van der Waals surface area contributed by atoms with Gasteiger partial charge in [-0.2, -0.15) is 4.98 Å². The second kappa shape index (κ2) is 7.34. The quantitative estimate of drug-likeness (QED) is 0.732. The summed E-state index contributed by atoms with van der Waals surface area (Å²) < 4.78 is 4.20. The van der Waals surface area contributed by atoms with Crippen molar-refractivity contribution in [1.29, 1.82) is 0 Å². The molecular formula is C18H25N9. The van der Waals surface area contributed by atoms with Gasteiger partial charge in [0.15, 0.2) is 5.82 Å². The normalized spacial score (nSPS) is 17.3. The smallest absolute Gasteiger partial charge is 0.227 e. The Morgan fingerprint density at radius 3 is 2.89 bits per heavy atom. The van der Waals surface area contributed by atoms with Crippen molar-refractivity contribution in [2.45, 2.75) is 32.2 Å². The van der Waals surface area contributed by atoms with Gasteiger partial charge in [0, 0.05) is 51.7 Å². The number of hydrogen-bond acceptors (Lipinski definition) is 7. The largest absolute Gasteiger partial charge is 0.373 e. The molecule has 1 atom stereocenters. The lowest BCUT2D eigenvalue weighted by molar-refractivity contribution is 0.473. The van der Waals surface area contributed by atoms with Crippen molar-refractivity contribution in [3.8, 4) is 0 Å². The molecular weight excluding hydrogens is 342 g/mol. The lowest BCUT2D eigenvalue weighted by atomic mass is 9.97. The average Bonchev–Trinajstić information content (AvgIpc) is 3.28. The fourth-order valence-corrected chi connectivity index (χ4v) is 3.60. The van der Waals surface area contributed by atoms with Crippen LogP contribution in [0.1, 0.15) is 36.2 Å². The molecule has 0 aromatic carbocycles. The van der Waals surface area contributed by atoms with E-state index < -0.39 is 0 Å². The van der Waals surface area contributed by atoms with Crippen LogP contribution in [0.3, 0.4) is 0 Å². The Balaban J connectivity index is 1.52. The molecule has 0 spiro atoms. The molecule has 9 heteroatoms. The first kappa shape index (κ1) is 17.4. The Bertz CT molecular complexity index is 913. The van der Waals surface area contributed by atoms with Crippen molar-refractivity contribution in [1.82, 2.24) is 34.3 Å². The van der Waals surface area contributed by atoms with Gasteiger partial charge in [-0.3, -0.25) is 0 Å². The molecule has 1 aliphatic rings. The summed E-state index contributed by atoms with van der Waals surface area (Å²) in [6.07, 6.45) is 7.76. The second-order valence-electron chi connectivity index (χ2n) is 6.91. The van der Waals surface area contributed by atoms with E-state index in [0.717, 1.165) is 55.2 Å². The lowest BCUT2D eigenvalue weighted by Crippen LogP contribution is -2.36. The van der Waals surface area contributed by atoms with Gasteiger partial charge in [-0.15, -0.1) is 10.2 Å². The molecule has 4 heterocycles. The number of nitrogens with zero attached hydrogens (tertiary/aromatic N) is 8. The van der Waals surface area contributed by atoms with E-state index in [1.807, 2.05) is 39.5 Å². The number of nitrogens with one attached hydrogen (secondary N) is 1. The third-order valence-corrected chi connectivity index (χ3v) is 5.20. The Hall–Kier alpha value is -2.97. The Kier molecular flexibility index (Phi) is 4.74. The molecule has 142 valence electrons. The summed E-state index contributed by atoms with van der Waals surface area (Å²) in [5.41, 5.74) is 0. The van der Waals surface area contributed by atoms with E-state index in [-0.39, 0.29) is 0 Å². The average molecular weight is 367 g/mol. The van der Waals surface area contributed by atoms with Crippen molar-refractivity contribution in [3.05, 3.63) is 42.1 Å². The van der Waals surface area contributed by atoms with E-state index in [2.05, 4.69) is 44.5 Å². The van der Waals surface area contributed by atoms with E-state index in [9.17, 15) is 0 Å². The zero-order valence-corrected chi connectivity index (χ0v) is 16.0. The number of rotatable bonds is 5. The highest BCUT2D eigenvalue weighted by atomic mass is 15.3. The molecule has 1 saturated heterocycles. The molecule has 0 radical (unpaired) electrons. The summed E-state index contributed by atoms with van der Waals surface area (Å²) in [6.45, 7) is 4.49. The SMILES string of the molecule is CNc1ccnc(N2CCCC(c3nnc(Cn4ccnc4C)n3C)C2)n1. The van der Waals surface area contributed by atoms with Crippen molar-refractivity contribution in [2.24, 2.45) is 7.05 Å². The lowest BCUT2D eigenvalue weighted by Gasteiger charge is -2.32. The van der Waals surface area contributed by atoms with Crippen LogP contribution in [0.5, 0.6) is 0 Å². The molecule has 9 nitrogen and oxygen atoms in total. The molecule has 4 rings (SSSR count). The zero-order chi connectivity index (χ0) is 18.8. The van der Waals surface area contributed by atoms with E-state index in [1.165, 1.54) is 0 Å². The maximum atomic E-state index is 4.58. The molecule has 0 amide bonds. The number of piperidine rings is 1. The van der Waals surface area contributed by atoms with Gasteiger partial charge in [-0.1, -0.05) is 0 Å². The van der Waals surface area contributed by atoms with Crippen LogP contribution < -0.4 is 10.2 Å². The molecule has 0 aliphatic carbocycles. The van der Waals surface area contributed by atoms with Crippen molar-refractivity contribution >= 4 is 11.8 Å². The minimum absolute atomic E-state index is 0.315. The highest BCUT2D eigenvalue weighted by Crippen LogP contribution is 2.28. The molecule has 3 aromatic heterocycles. The topological polar surface area (TPSA) is 89.6 Å². The molecule has 1 unspecified atom stereocenters. The highest BCUT2D eigenvalue weighted by molar-refractivity contribution is 5.41. The van der Waals surface area contributed by atoms with Crippen LogP contribution in [-0.2, 0) is 13.6 Å². The van der Waals surface area contributed by atoms with Crippen LogP contribution in [0, 0.1) is 6.92 Å². The van der Waals surface area contributed by atoms with E-state index in [1.54, 1.807) is 6.20 Å². The van der Waals surface area contributed by atoms with Gasteiger partial charge >= 0.3 is 0 Å². The number of aromatic nitrogens is 7. The third-order valence-electron chi connectivity index (χ3n) is 5.20. The van der Waals surface area contributed by atoms with Gasteiger partial charge in [-0.25, -0.2) is 9.97 Å². The van der Waals surface area contributed by atoms with Crippen LogP contribution in [-0.4, -0.2) is 54.4 Å². The summed E-state index contributed by atoms with van der Waals surface area (Å²) in [7, 11) is 3.92. The molecule has 1 aliphatic heterocycles. The number of imidazole rings is 1. The molecule has 1 N–H and O–H groups in total. The number of anilines is 2. The van der Waals surface area contributed by atoms with Gasteiger partial charge in [-0.05, 0) is 25.8 Å². The van der Waals surface area contributed by atoms with Gasteiger partial charge in [0.1, 0.15) is 17.5 Å². The molecule has 27 heavy (non-hydrogen) atoms. The maximum absolute atomic E-state index is 4.58. The summed E-state index contributed by atoms with van der Waals surface area (Å²) >= 11 is 0. The summed E-state index contributed by atoms with van der Waals surface area (Å²) in [4.78, 5) is 15.5. The van der Waals surface area contributed by atoms with E-state index in [0.29, 0.717) is 12.5 Å². The van der Waals surface area contributed by atoms with Gasteiger partial charge in [0.2, 0.25) is 5.95 Å². The van der Waals surface area contributed by atoms with E-state index >= 15 is 0 Å². The number of aryl methyl sites for hydroxylation is 1. The first-order valence-corrected chi connectivity index (χ1v) is 9.27. The Morgan fingerprint density at radius 1 is 1.22 bits per heavy atom. The van der Waals surface area contributed by atoms with Crippen molar-refractivity contribution in [3.63, 3.8) is 0 Å². The Labute approximate surface area is 158 Å². The summed E-state index contributed by atoms with van der Waals surface area (Å²) in [6, 6.07) is 1.87. The van der Waals surface area contributed by atoms with Crippen LogP contribution in [0.25, 0.3) is 0 Å². The Morgan fingerprint density at radius 2 is 2.11 bits per heavy atom. The minimum atomic E-state index is 0.315. The summed E-state index contributed by atoms with van der Waals surface area (Å²) in [5, 5.41) is 12.0. The predicted molar refractivity (Wildman–Crippen MR) is 103 cm³/mol. The van der Waals surface area contributed by atoms with Gasteiger partial charge in [0.05, 0.1) is 6.54 Å². The minimum Gasteiger partial charge on any atom is -0.373 e. The standard InChI is InChI=1S/C18H25N9/c1-13-20-8-10-26(13)12-16-23-24-17(25(16)3)14-5-4-9-27(11-14)18-21-7-6-15(19-2)22-18/h6-8,10,14H,4-5,9,11-12H2,1-3H3,(H,19,21,22). The maximum Gasteiger partial charge on any atom is 0.227 e. The van der Waals surface area contributed by atoms with Crippen molar-refractivity contribution < 1.29 is 0 Å². The van der Waals surface area contributed by atoms with Gasteiger partial charge in [0.25, 0.3) is 0 Å². The van der Waals surface area contributed by atoms with Crippen LogP contribution >= 0.6 is 0 Å². The third kappa shape index (κ3) is 3.49. The number of hydrogen-bond donors (Lipinski definition) is 1. The second-order valence-corrected chi connectivity index (χ2v) is 6.91. The fourth-order valence-electron chi connectivity index (χ4n) is 3.60. The summed E-state index contributed by atoms with van der Waals surface area (Å²) in [5.74, 6) is 4.86. The van der Waals surface area contributed by atoms with Crippen LogP contribution in [0.15, 0.2) is 24.7 Å². The van der Waals surface area contributed by atoms with Crippen molar-refractivity contribution in [2.75, 3.05) is 30.4 Å². The van der Waals surface area contributed by atoms with Crippen LogP contribution in [0.2, 0.25) is 0 Å². The molecule has 1 fully saturated rings. The molecule has 3 aromatic rings. The van der Waals surface area contributed by atoms with E-state index in [4.69, 9.17) is 0 Å². The predicted octanol–water partition coefficient (Wildman–Crippen LogP) is 1.58. The molecule has 0 saturated carbocycles. The molecule has 0 bridgehead atoms.